The van der Waals surface area contributed by atoms with Crippen LogP contribution in [0.5, 0.6) is 0 Å². The summed E-state index contributed by atoms with van der Waals surface area (Å²) in [6, 6.07) is 10.1. The first-order chi connectivity index (χ1) is 12.3. The van der Waals surface area contributed by atoms with Gasteiger partial charge in [0.1, 0.15) is 0 Å². The molecule has 26 heavy (non-hydrogen) atoms. The Labute approximate surface area is 174 Å². The van der Waals surface area contributed by atoms with Crippen molar-refractivity contribution in [1.29, 1.82) is 0 Å². The lowest BCUT2D eigenvalue weighted by molar-refractivity contribution is -0.119. The summed E-state index contributed by atoms with van der Waals surface area (Å²) in [6.45, 7) is 5.32. The van der Waals surface area contributed by atoms with Crippen LogP contribution >= 0.6 is 24.0 Å². The number of nitrogens with zero attached hydrogens (tertiary/aromatic N) is 1. The molecule has 1 aromatic carbocycles. The summed E-state index contributed by atoms with van der Waals surface area (Å²) in [7, 11) is 1.69. The average Bonchev–Trinajstić information content (AvgIpc) is 2.64. The third-order valence-electron chi connectivity index (χ3n) is 3.62. The Bertz CT molecular complexity index is 498. The van der Waals surface area contributed by atoms with Crippen LogP contribution in [0.25, 0.3) is 0 Å². The second kappa shape index (κ2) is 17.1. The van der Waals surface area contributed by atoms with E-state index in [1.165, 1.54) is 5.56 Å². The summed E-state index contributed by atoms with van der Waals surface area (Å²) in [5.41, 5.74) is 1.22. The number of hydrogen-bond acceptors (Lipinski definition) is 3. The Morgan fingerprint density at radius 2 is 1.77 bits per heavy atom. The van der Waals surface area contributed by atoms with Crippen molar-refractivity contribution in [2.24, 2.45) is 4.99 Å². The molecule has 0 radical (unpaired) electrons. The number of amides is 1. The summed E-state index contributed by atoms with van der Waals surface area (Å²) in [4.78, 5) is 16.0. The molecule has 6 nitrogen and oxygen atoms in total. The highest BCUT2D eigenvalue weighted by Crippen LogP contribution is 1.97. The van der Waals surface area contributed by atoms with Crippen LogP contribution in [0.3, 0.4) is 0 Å². The fourth-order valence-electron chi connectivity index (χ4n) is 2.17. The fourth-order valence-corrected chi connectivity index (χ4v) is 2.17. The van der Waals surface area contributed by atoms with E-state index in [4.69, 9.17) is 4.74 Å². The molecule has 0 aliphatic carbocycles. The van der Waals surface area contributed by atoms with Gasteiger partial charge >= 0.3 is 0 Å². The van der Waals surface area contributed by atoms with E-state index in [1.54, 1.807) is 7.05 Å². The van der Waals surface area contributed by atoms with Gasteiger partial charge in [0.25, 0.3) is 0 Å². The van der Waals surface area contributed by atoms with Crippen LogP contribution in [0, 0.1) is 0 Å². The van der Waals surface area contributed by atoms with Crippen LogP contribution in [0.1, 0.15) is 31.7 Å². The van der Waals surface area contributed by atoms with Crippen molar-refractivity contribution in [3.8, 4) is 0 Å². The zero-order valence-corrected chi connectivity index (χ0v) is 18.3. The molecule has 0 spiro atoms. The molecule has 1 rings (SSSR count). The first-order valence-corrected chi connectivity index (χ1v) is 9.09. The topological polar surface area (TPSA) is 74.8 Å². The van der Waals surface area contributed by atoms with Crippen molar-refractivity contribution in [3.63, 3.8) is 0 Å². The van der Waals surface area contributed by atoms with Gasteiger partial charge in [-0.25, -0.2) is 0 Å². The maximum absolute atomic E-state index is 11.9. The number of halogens is 1. The largest absolute Gasteiger partial charge is 0.381 e. The Morgan fingerprint density at radius 1 is 1.04 bits per heavy atom. The molecule has 0 saturated heterocycles. The molecule has 0 unspecified atom stereocenters. The second-order valence-corrected chi connectivity index (χ2v) is 5.76. The van der Waals surface area contributed by atoms with E-state index in [9.17, 15) is 4.79 Å². The number of unbranched alkanes of at least 4 members (excludes halogenated alkanes) is 1. The minimum Gasteiger partial charge on any atom is -0.381 e. The molecular weight excluding hydrogens is 443 g/mol. The van der Waals surface area contributed by atoms with E-state index < -0.39 is 0 Å². The molecule has 0 bridgehead atoms. The van der Waals surface area contributed by atoms with Gasteiger partial charge in [0.2, 0.25) is 5.91 Å². The van der Waals surface area contributed by atoms with E-state index in [0.29, 0.717) is 12.5 Å². The van der Waals surface area contributed by atoms with E-state index >= 15 is 0 Å². The third-order valence-corrected chi connectivity index (χ3v) is 3.62. The Balaban J connectivity index is 0.00000625. The Hall–Kier alpha value is -1.35. The van der Waals surface area contributed by atoms with Crippen molar-refractivity contribution in [2.75, 3.05) is 39.9 Å². The summed E-state index contributed by atoms with van der Waals surface area (Å²) < 4.78 is 5.50. The summed E-state index contributed by atoms with van der Waals surface area (Å²) in [5, 5.41) is 9.09. The lowest BCUT2D eigenvalue weighted by Crippen LogP contribution is -2.43. The Morgan fingerprint density at radius 3 is 2.46 bits per heavy atom. The van der Waals surface area contributed by atoms with Crippen molar-refractivity contribution >= 4 is 35.8 Å². The highest BCUT2D eigenvalue weighted by atomic mass is 127. The van der Waals surface area contributed by atoms with Gasteiger partial charge < -0.3 is 20.7 Å². The number of nitrogens with one attached hydrogen (secondary N) is 3. The maximum Gasteiger partial charge on any atom is 0.239 e. The van der Waals surface area contributed by atoms with Gasteiger partial charge in [0, 0.05) is 33.4 Å². The molecular formula is C19H33IN4O2. The minimum absolute atomic E-state index is 0. The molecule has 0 fully saturated rings. The Kier molecular flexibility index (Phi) is 16.2. The monoisotopic (exact) mass is 476 g/mol. The molecule has 7 heteroatoms. The third kappa shape index (κ3) is 12.9. The predicted octanol–water partition coefficient (Wildman–Crippen LogP) is 2.34. The normalized spacial score (nSPS) is 10.8. The number of guanidine groups is 1. The molecule has 0 aromatic heterocycles. The van der Waals surface area contributed by atoms with Crippen molar-refractivity contribution in [1.82, 2.24) is 16.0 Å². The standard InChI is InChI=1S/C19H32N4O2.HI/c1-3-4-14-25-15-8-12-22-19(20-2)23-16-18(24)21-13-11-17-9-6-5-7-10-17;/h5-7,9-10H,3-4,8,11-16H2,1-2H3,(H,21,24)(H2,20,22,23);1H. The molecule has 148 valence electrons. The first-order valence-electron chi connectivity index (χ1n) is 9.09. The molecule has 0 aliphatic rings. The molecule has 3 N–H and O–H groups in total. The smallest absolute Gasteiger partial charge is 0.239 e. The molecule has 0 atom stereocenters. The highest BCUT2D eigenvalue weighted by Gasteiger charge is 2.03. The average molecular weight is 476 g/mol. The quantitative estimate of drug-likeness (QED) is 0.187. The number of hydrogen-bond donors (Lipinski definition) is 3. The molecule has 1 amide bonds. The highest BCUT2D eigenvalue weighted by molar-refractivity contribution is 14.0. The molecule has 0 saturated carbocycles. The van der Waals surface area contributed by atoms with Crippen LogP contribution in [-0.2, 0) is 16.0 Å². The van der Waals surface area contributed by atoms with Crippen molar-refractivity contribution in [3.05, 3.63) is 35.9 Å². The summed E-state index contributed by atoms with van der Waals surface area (Å²) in [5.74, 6) is 0.591. The molecule has 0 heterocycles. The van der Waals surface area contributed by atoms with Gasteiger partial charge in [0.05, 0.1) is 6.54 Å². The van der Waals surface area contributed by atoms with Crippen LogP contribution in [0.15, 0.2) is 35.3 Å². The second-order valence-electron chi connectivity index (χ2n) is 5.76. The van der Waals surface area contributed by atoms with E-state index in [-0.39, 0.29) is 36.4 Å². The van der Waals surface area contributed by atoms with Gasteiger partial charge in [-0.05, 0) is 24.8 Å². The van der Waals surface area contributed by atoms with E-state index in [2.05, 4.69) is 40.0 Å². The molecule has 1 aromatic rings. The summed E-state index contributed by atoms with van der Waals surface area (Å²) in [6.07, 6.45) is 4.00. The van der Waals surface area contributed by atoms with Gasteiger partial charge in [0.15, 0.2) is 5.96 Å². The van der Waals surface area contributed by atoms with Crippen molar-refractivity contribution in [2.45, 2.75) is 32.6 Å². The van der Waals surface area contributed by atoms with Gasteiger partial charge in [-0.1, -0.05) is 43.7 Å². The zero-order chi connectivity index (χ0) is 18.2. The number of aliphatic imine (C=N–C) groups is 1. The SMILES string of the molecule is CCCCOCCCNC(=NC)NCC(=O)NCCc1ccccc1.I. The van der Waals surface area contributed by atoms with E-state index in [0.717, 1.165) is 45.4 Å². The predicted molar refractivity (Wildman–Crippen MR) is 118 cm³/mol. The van der Waals surface area contributed by atoms with Gasteiger partial charge in [-0.15, -0.1) is 24.0 Å². The summed E-state index contributed by atoms with van der Waals surface area (Å²) >= 11 is 0. The van der Waals surface area contributed by atoms with Crippen LogP contribution < -0.4 is 16.0 Å². The number of benzene rings is 1. The number of carbonyl (C=O) groups excluding carboxylic acids is 1. The first kappa shape index (κ1) is 24.7. The van der Waals surface area contributed by atoms with Gasteiger partial charge in [-0.3, -0.25) is 9.79 Å². The lowest BCUT2D eigenvalue weighted by atomic mass is 10.1. The lowest BCUT2D eigenvalue weighted by Gasteiger charge is -2.12. The number of rotatable bonds is 12. The number of ether oxygens (including phenoxy) is 1. The number of carbonyl (C=O) groups is 1. The zero-order valence-electron chi connectivity index (χ0n) is 15.9. The van der Waals surface area contributed by atoms with Crippen molar-refractivity contribution < 1.29 is 9.53 Å². The fraction of sp³-hybridized carbons (Fsp3) is 0.579. The maximum atomic E-state index is 11.9. The van der Waals surface area contributed by atoms with Crippen LogP contribution in [0.4, 0.5) is 0 Å². The van der Waals surface area contributed by atoms with Crippen LogP contribution in [-0.4, -0.2) is 51.8 Å². The van der Waals surface area contributed by atoms with Gasteiger partial charge in [-0.2, -0.15) is 0 Å². The van der Waals surface area contributed by atoms with E-state index in [1.807, 2.05) is 18.2 Å². The molecule has 0 aliphatic heterocycles. The minimum atomic E-state index is -0.0400. The van der Waals surface area contributed by atoms with Crippen LogP contribution in [0.2, 0.25) is 0 Å².